The molecular formula is C22H29N2O5+. The lowest BCUT2D eigenvalue weighted by Gasteiger charge is -2.32. The van der Waals surface area contributed by atoms with Crippen LogP contribution in [-0.2, 0) is 11.3 Å². The zero-order chi connectivity index (χ0) is 20.6. The Bertz CT molecular complexity index is 779. The van der Waals surface area contributed by atoms with Crippen LogP contribution < -0.4 is 23.8 Å². The molecule has 7 heteroatoms. The molecule has 1 heterocycles. The lowest BCUT2D eigenvalue weighted by molar-refractivity contribution is -0.917. The third kappa shape index (κ3) is 5.32. The molecule has 0 bridgehead atoms. The molecule has 156 valence electrons. The van der Waals surface area contributed by atoms with E-state index in [1.807, 2.05) is 47.4 Å². The molecule has 0 spiro atoms. The van der Waals surface area contributed by atoms with E-state index in [1.54, 1.807) is 21.3 Å². The molecule has 2 aromatic carbocycles. The van der Waals surface area contributed by atoms with Crippen molar-refractivity contribution in [3.05, 3.63) is 48.0 Å². The van der Waals surface area contributed by atoms with E-state index >= 15 is 0 Å². The zero-order valence-corrected chi connectivity index (χ0v) is 17.3. The molecule has 1 fully saturated rings. The van der Waals surface area contributed by atoms with E-state index in [2.05, 4.69) is 0 Å². The number of quaternary nitrogens is 1. The van der Waals surface area contributed by atoms with Gasteiger partial charge < -0.3 is 28.7 Å². The SMILES string of the molecule is COc1cc(C[NH+]2CCN(C(=O)COc3ccccc3)CC2)cc(OC)c1OC. The molecular weight excluding hydrogens is 372 g/mol. The van der Waals surface area contributed by atoms with Gasteiger partial charge in [0.1, 0.15) is 12.3 Å². The maximum atomic E-state index is 12.4. The number of carbonyl (C=O) groups excluding carboxylic acids is 1. The highest BCUT2D eigenvalue weighted by Gasteiger charge is 2.25. The van der Waals surface area contributed by atoms with Gasteiger partial charge in [-0.15, -0.1) is 0 Å². The summed E-state index contributed by atoms with van der Waals surface area (Å²) in [4.78, 5) is 15.7. The number of carbonyl (C=O) groups is 1. The van der Waals surface area contributed by atoms with Crippen molar-refractivity contribution in [3.63, 3.8) is 0 Å². The van der Waals surface area contributed by atoms with Crippen molar-refractivity contribution in [2.75, 3.05) is 54.1 Å². The van der Waals surface area contributed by atoms with Gasteiger partial charge in [-0.3, -0.25) is 4.79 Å². The summed E-state index contributed by atoms with van der Waals surface area (Å²) in [6.07, 6.45) is 0. The van der Waals surface area contributed by atoms with E-state index in [4.69, 9.17) is 18.9 Å². The Hall–Kier alpha value is -2.93. The van der Waals surface area contributed by atoms with Crippen LogP contribution in [0.25, 0.3) is 0 Å². The van der Waals surface area contributed by atoms with Crippen molar-refractivity contribution in [2.24, 2.45) is 0 Å². The first kappa shape index (κ1) is 20.8. The number of ether oxygens (including phenoxy) is 4. The second kappa shape index (κ2) is 10.0. The standard InChI is InChI=1S/C22H28N2O5/c1-26-19-13-17(14-20(27-2)22(19)28-3)15-23-9-11-24(12-10-23)21(25)16-29-18-7-5-4-6-8-18/h4-8,13-14H,9-12,15-16H2,1-3H3/p+1. The number of benzene rings is 2. The maximum Gasteiger partial charge on any atom is 0.260 e. The van der Waals surface area contributed by atoms with Crippen molar-refractivity contribution in [3.8, 4) is 23.0 Å². The van der Waals surface area contributed by atoms with Crippen LogP contribution in [0.1, 0.15) is 5.56 Å². The lowest BCUT2D eigenvalue weighted by atomic mass is 10.1. The normalized spacial score (nSPS) is 14.4. The van der Waals surface area contributed by atoms with Crippen LogP contribution in [0.5, 0.6) is 23.0 Å². The van der Waals surface area contributed by atoms with E-state index in [1.165, 1.54) is 4.90 Å². The second-order valence-corrected chi connectivity index (χ2v) is 6.94. The first-order valence-electron chi connectivity index (χ1n) is 9.72. The number of nitrogens with one attached hydrogen (secondary N) is 1. The van der Waals surface area contributed by atoms with Gasteiger partial charge in [0, 0.05) is 5.56 Å². The van der Waals surface area contributed by atoms with E-state index in [0.717, 1.165) is 38.3 Å². The van der Waals surface area contributed by atoms with Gasteiger partial charge in [-0.2, -0.15) is 0 Å². The van der Waals surface area contributed by atoms with Crippen LogP contribution in [-0.4, -0.2) is 64.9 Å². The van der Waals surface area contributed by atoms with Crippen LogP contribution in [0.3, 0.4) is 0 Å². The van der Waals surface area contributed by atoms with Gasteiger partial charge in [0.15, 0.2) is 18.1 Å². The number of para-hydroxylation sites is 1. The largest absolute Gasteiger partial charge is 0.493 e. The van der Waals surface area contributed by atoms with Gasteiger partial charge in [-0.25, -0.2) is 0 Å². The van der Waals surface area contributed by atoms with Crippen LogP contribution in [0.4, 0.5) is 0 Å². The second-order valence-electron chi connectivity index (χ2n) is 6.94. The average molecular weight is 401 g/mol. The van der Waals surface area contributed by atoms with Gasteiger partial charge >= 0.3 is 0 Å². The highest BCUT2D eigenvalue weighted by atomic mass is 16.5. The van der Waals surface area contributed by atoms with Crippen molar-refractivity contribution < 1.29 is 28.6 Å². The first-order chi connectivity index (χ1) is 14.1. The summed E-state index contributed by atoms with van der Waals surface area (Å²) in [7, 11) is 4.84. The third-order valence-corrected chi connectivity index (χ3v) is 5.11. The molecule has 0 aromatic heterocycles. The van der Waals surface area contributed by atoms with Crippen molar-refractivity contribution >= 4 is 5.91 Å². The minimum Gasteiger partial charge on any atom is -0.493 e. The number of piperazine rings is 1. The number of methoxy groups -OCH3 is 3. The molecule has 1 amide bonds. The molecule has 1 saturated heterocycles. The monoisotopic (exact) mass is 401 g/mol. The van der Waals surface area contributed by atoms with E-state index in [9.17, 15) is 4.79 Å². The molecule has 0 radical (unpaired) electrons. The summed E-state index contributed by atoms with van der Waals surface area (Å²) in [6.45, 7) is 4.11. The number of hydrogen-bond donors (Lipinski definition) is 1. The van der Waals surface area contributed by atoms with E-state index in [0.29, 0.717) is 23.0 Å². The molecule has 0 unspecified atom stereocenters. The topological polar surface area (TPSA) is 61.7 Å². The summed E-state index contributed by atoms with van der Waals surface area (Å²) < 4.78 is 21.8. The van der Waals surface area contributed by atoms with Crippen LogP contribution in [0, 0.1) is 0 Å². The molecule has 0 saturated carbocycles. The number of amides is 1. The fourth-order valence-electron chi connectivity index (χ4n) is 3.53. The predicted octanol–water partition coefficient (Wildman–Crippen LogP) is 1.02. The quantitative estimate of drug-likeness (QED) is 0.716. The summed E-state index contributed by atoms with van der Waals surface area (Å²) >= 11 is 0. The Kier molecular flexibility index (Phi) is 7.19. The number of hydrogen-bond acceptors (Lipinski definition) is 5. The predicted molar refractivity (Wildman–Crippen MR) is 109 cm³/mol. The Labute approximate surface area is 171 Å². The van der Waals surface area contributed by atoms with Gasteiger partial charge in [0.2, 0.25) is 5.75 Å². The minimum absolute atomic E-state index is 0.0284. The molecule has 0 atom stereocenters. The third-order valence-electron chi connectivity index (χ3n) is 5.11. The molecule has 7 nitrogen and oxygen atoms in total. The Morgan fingerprint density at radius 3 is 2.14 bits per heavy atom. The van der Waals surface area contributed by atoms with Crippen molar-refractivity contribution in [2.45, 2.75) is 6.54 Å². The molecule has 1 N–H and O–H groups in total. The molecule has 0 aliphatic carbocycles. The molecule has 1 aliphatic heterocycles. The zero-order valence-electron chi connectivity index (χ0n) is 17.3. The Morgan fingerprint density at radius 1 is 0.966 bits per heavy atom. The maximum absolute atomic E-state index is 12.4. The van der Waals surface area contributed by atoms with Crippen LogP contribution >= 0.6 is 0 Å². The molecule has 1 aliphatic rings. The van der Waals surface area contributed by atoms with E-state index in [-0.39, 0.29) is 12.5 Å². The lowest BCUT2D eigenvalue weighted by Crippen LogP contribution is -3.13. The van der Waals surface area contributed by atoms with Crippen molar-refractivity contribution in [1.29, 1.82) is 0 Å². The van der Waals surface area contributed by atoms with Gasteiger partial charge in [0.05, 0.1) is 47.5 Å². The summed E-state index contributed by atoms with van der Waals surface area (Å²) in [5.74, 6) is 2.66. The highest BCUT2D eigenvalue weighted by molar-refractivity contribution is 5.77. The van der Waals surface area contributed by atoms with Crippen LogP contribution in [0.15, 0.2) is 42.5 Å². The Balaban J connectivity index is 1.52. The van der Waals surface area contributed by atoms with E-state index < -0.39 is 0 Å². The summed E-state index contributed by atoms with van der Waals surface area (Å²) in [5, 5.41) is 0. The summed E-state index contributed by atoms with van der Waals surface area (Å²) in [6, 6.07) is 13.4. The first-order valence-corrected chi connectivity index (χ1v) is 9.72. The Morgan fingerprint density at radius 2 is 1.59 bits per heavy atom. The minimum atomic E-state index is 0.0284. The fraction of sp³-hybridized carbons (Fsp3) is 0.409. The van der Waals surface area contributed by atoms with Crippen LogP contribution in [0.2, 0.25) is 0 Å². The fourth-order valence-corrected chi connectivity index (χ4v) is 3.53. The molecule has 29 heavy (non-hydrogen) atoms. The van der Waals surface area contributed by atoms with Gasteiger partial charge in [-0.05, 0) is 24.3 Å². The highest BCUT2D eigenvalue weighted by Crippen LogP contribution is 2.37. The summed E-state index contributed by atoms with van der Waals surface area (Å²) in [5.41, 5.74) is 1.11. The van der Waals surface area contributed by atoms with Crippen molar-refractivity contribution in [1.82, 2.24) is 4.90 Å². The van der Waals surface area contributed by atoms with Gasteiger partial charge in [-0.1, -0.05) is 18.2 Å². The molecule has 2 aromatic rings. The number of rotatable bonds is 8. The number of nitrogens with zero attached hydrogens (tertiary/aromatic N) is 1. The smallest absolute Gasteiger partial charge is 0.260 e. The average Bonchev–Trinajstić information content (AvgIpc) is 2.77. The van der Waals surface area contributed by atoms with Gasteiger partial charge in [0.25, 0.3) is 5.91 Å². The molecule has 3 rings (SSSR count).